The molecule has 82 valence electrons. The number of unbranched alkanes of at least 4 members (excludes halogenated alkanes) is 1. The predicted molar refractivity (Wildman–Crippen MR) is 59.3 cm³/mol. The number of carboxylic acid groups (broad SMARTS) is 1. The Morgan fingerprint density at radius 2 is 2.13 bits per heavy atom. The maximum atomic E-state index is 12.9. The Kier molecular flexibility index (Phi) is 4.75. The van der Waals surface area contributed by atoms with Crippen molar-refractivity contribution in [3.8, 4) is 0 Å². The van der Waals surface area contributed by atoms with E-state index in [1.54, 1.807) is 6.07 Å². The molecule has 0 saturated carbocycles. The van der Waals surface area contributed by atoms with Crippen LogP contribution in [0.4, 0.5) is 4.39 Å². The third-order valence-corrected chi connectivity index (χ3v) is 2.87. The van der Waals surface area contributed by atoms with Crippen LogP contribution in [0.2, 0.25) is 0 Å². The predicted octanol–water partition coefficient (Wildman–Crippen LogP) is 3.39. The molecule has 15 heavy (non-hydrogen) atoms. The Hall–Kier alpha value is -0.900. The Morgan fingerprint density at radius 3 is 2.80 bits per heavy atom. The summed E-state index contributed by atoms with van der Waals surface area (Å²) in [5.74, 6) is -1.04. The van der Waals surface area contributed by atoms with E-state index in [2.05, 4.69) is 15.9 Å². The lowest BCUT2D eigenvalue weighted by Gasteiger charge is -2.03. The summed E-state index contributed by atoms with van der Waals surface area (Å²) in [4.78, 5) is 10.3. The summed E-state index contributed by atoms with van der Waals surface area (Å²) in [5, 5.41) is 8.44. The standard InChI is InChI=1S/C11H12BrFO2/c12-10-6-5-9(13)7-8(10)3-1-2-4-11(14)15/h5-7H,1-4H2,(H,14,15). The van der Waals surface area contributed by atoms with Gasteiger partial charge in [-0.3, -0.25) is 4.79 Å². The first-order valence-corrected chi connectivity index (χ1v) is 5.54. The molecule has 4 heteroatoms. The van der Waals surface area contributed by atoms with Crippen LogP contribution >= 0.6 is 15.9 Å². The summed E-state index contributed by atoms with van der Waals surface area (Å²) in [6, 6.07) is 4.54. The van der Waals surface area contributed by atoms with E-state index in [0.29, 0.717) is 12.8 Å². The van der Waals surface area contributed by atoms with Crippen LogP contribution in [0.5, 0.6) is 0 Å². The molecule has 0 spiro atoms. The smallest absolute Gasteiger partial charge is 0.303 e. The Balaban J connectivity index is 2.43. The number of hydrogen-bond acceptors (Lipinski definition) is 1. The van der Waals surface area contributed by atoms with Gasteiger partial charge in [0.25, 0.3) is 0 Å². The van der Waals surface area contributed by atoms with Crippen molar-refractivity contribution in [1.29, 1.82) is 0 Å². The van der Waals surface area contributed by atoms with Gasteiger partial charge in [-0.2, -0.15) is 0 Å². The second-order valence-corrected chi connectivity index (χ2v) is 4.19. The Labute approximate surface area is 96.2 Å². The van der Waals surface area contributed by atoms with Crippen molar-refractivity contribution in [2.24, 2.45) is 0 Å². The number of hydrogen-bond donors (Lipinski definition) is 1. The van der Waals surface area contributed by atoms with E-state index in [9.17, 15) is 9.18 Å². The van der Waals surface area contributed by atoms with Gasteiger partial charge in [-0.25, -0.2) is 4.39 Å². The number of aryl methyl sites for hydroxylation is 1. The molecular weight excluding hydrogens is 263 g/mol. The van der Waals surface area contributed by atoms with Gasteiger partial charge in [0.15, 0.2) is 0 Å². The van der Waals surface area contributed by atoms with Crippen molar-refractivity contribution in [2.45, 2.75) is 25.7 Å². The highest BCUT2D eigenvalue weighted by Crippen LogP contribution is 2.20. The van der Waals surface area contributed by atoms with Crippen molar-refractivity contribution in [1.82, 2.24) is 0 Å². The van der Waals surface area contributed by atoms with E-state index in [4.69, 9.17) is 5.11 Å². The lowest BCUT2D eigenvalue weighted by atomic mass is 10.1. The highest BCUT2D eigenvalue weighted by molar-refractivity contribution is 9.10. The fourth-order valence-electron chi connectivity index (χ4n) is 1.33. The van der Waals surface area contributed by atoms with Gasteiger partial charge in [0.05, 0.1) is 0 Å². The molecule has 0 fully saturated rings. The molecule has 0 aliphatic carbocycles. The zero-order valence-electron chi connectivity index (χ0n) is 8.17. The first kappa shape index (κ1) is 12.2. The topological polar surface area (TPSA) is 37.3 Å². The van der Waals surface area contributed by atoms with E-state index < -0.39 is 5.97 Å². The van der Waals surface area contributed by atoms with Gasteiger partial charge in [-0.1, -0.05) is 15.9 Å². The maximum absolute atomic E-state index is 12.9. The molecule has 0 radical (unpaired) electrons. The molecule has 0 bridgehead atoms. The molecule has 1 aromatic carbocycles. The molecule has 1 rings (SSSR count). The second-order valence-electron chi connectivity index (χ2n) is 3.34. The summed E-state index contributed by atoms with van der Waals surface area (Å²) in [6.07, 6.45) is 2.26. The SMILES string of the molecule is O=C(O)CCCCc1cc(F)ccc1Br. The van der Waals surface area contributed by atoms with E-state index in [1.165, 1.54) is 12.1 Å². The third-order valence-electron chi connectivity index (χ3n) is 2.09. The quantitative estimate of drug-likeness (QED) is 0.836. The molecule has 2 nitrogen and oxygen atoms in total. The molecule has 0 heterocycles. The van der Waals surface area contributed by atoms with Gasteiger partial charge in [0, 0.05) is 10.9 Å². The molecule has 1 aromatic rings. The normalized spacial score (nSPS) is 10.3. The summed E-state index contributed by atoms with van der Waals surface area (Å²) in [5.41, 5.74) is 0.889. The summed E-state index contributed by atoms with van der Waals surface area (Å²) < 4.78 is 13.7. The molecule has 0 amide bonds. The molecule has 0 atom stereocenters. The minimum atomic E-state index is -0.784. The third kappa shape index (κ3) is 4.42. The lowest BCUT2D eigenvalue weighted by molar-refractivity contribution is -0.137. The van der Waals surface area contributed by atoms with Crippen LogP contribution in [0, 0.1) is 5.82 Å². The van der Waals surface area contributed by atoms with Gasteiger partial charge in [-0.05, 0) is 43.0 Å². The van der Waals surface area contributed by atoms with Crippen LogP contribution in [0.3, 0.4) is 0 Å². The number of aliphatic carboxylic acids is 1. The minimum Gasteiger partial charge on any atom is -0.481 e. The van der Waals surface area contributed by atoms with Crippen molar-refractivity contribution < 1.29 is 14.3 Å². The second kappa shape index (κ2) is 5.85. The fraction of sp³-hybridized carbons (Fsp3) is 0.364. The molecule has 0 aromatic heterocycles. The number of benzene rings is 1. The summed E-state index contributed by atoms with van der Waals surface area (Å²) in [7, 11) is 0. The highest BCUT2D eigenvalue weighted by atomic mass is 79.9. The molecule has 0 aliphatic rings. The first-order chi connectivity index (χ1) is 7.09. The highest BCUT2D eigenvalue weighted by Gasteiger charge is 2.02. The Bertz CT molecular complexity index is 352. The summed E-state index contributed by atoms with van der Waals surface area (Å²) in [6.45, 7) is 0. The van der Waals surface area contributed by atoms with Crippen LogP contribution in [0.15, 0.2) is 22.7 Å². The van der Waals surface area contributed by atoms with Crippen LogP contribution in [-0.2, 0) is 11.2 Å². The van der Waals surface area contributed by atoms with Crippen molar-refractivity contribution in [3.63, 3.8) is 0 Å². The van der Waals surface area contributed by atoms with Gasteiger partial charge < -0.3 is 5.11 Å². The van der Waals surface area contributed by atoms with Gasteiger partial charge in [0.2, 0.25) is 0 Å². The molecule has 0 saturated heterocycles. The van der Waals surface area contributed by atoms with Crippen molar-refractivity contribution in [2.75, 3.05) is 0 Å². The molecule has 0 unspecified atom stereocenters. The van der Waals surface area contributed by atoms with Crippen molar-refractivity contribution in [3.05, 3.63) is 34.1 Å². The first-order valence-electron chi connectivity index (χ1n) is 4.75. The van der Waals surface area contributed by atoms with Crippen molar-refractivity contribution >= 4 is 21.9 Å². The van der Waals surface area contributed by atoms with E-state index in [1.807, 2.05) is 0 Å². The van der Waals surface area contributed by atoms with Gasteiger partial charge in [0.1, 0.15) is 5.82 Å². The average molecular weight is 275 g/mol. The van der Waals surface area contributed by atoms with E-state index in [-0.39, 0.29) is 12.2 Å². The Morgan fingerprint density at radius 1 is 1.40 bits per heavy atom. The van der Waals surface area contributed by atoms with Crippen LogP contribution < -0.4 is 0 Å². The maximum Gasteiger partial charge on any atom is 0.303 e. The summed E-state index contributed by atoms with van der Waals surface area (Å²) >= 11 is 3.33. The van der Waals surface area contributed by atoms with Crippen LogP contribution in [0.1, 0.15) is 24.8 Å². The number of rotatable bonds is 5. The van der Waals surface area contributed by atoms with Gasteiger partial charge in [-0.15, -0.1) is 0 Å². The largest absolute Gasteiger partial charge is 0.481 e. The van der Waals surface area contributed by atoms with Gasteiger partial charge >= 0.3 is 5.97 Å². The zero-order valence-corrected chi connectivity index (χ0v) is 9.76. The molecular formula is C11H12BrFO2. The lowest BCUT2D eigenvalue weighted by Crippen LogP contribution is -1.95. The molecule has 0 aliphatic heterocycles. The van der Waals surface area contributed by atoms with Crippen LogP contribution in [0.25, 0.3) is 0 Å². The van der Waals surface area contributed by atoms with E-state index in [0.717, 1.165) is 16.5 Å². The fourth-order valence-corrected chi connectivity index (χ4v) is 1.77. The number of halogens is 2. The molecule has 1 N–H and O–H groups in total. The zero-order chi connectivity index (χ0) is 11.3. The minimum absolute atomic E-state index is 0.174. The number of carboxylic acids is 1. The van der Waals surface area contributed by atoms with E-state index >= 15 is 0 Å². The van der Waals surface area contributed by atoms with Crippen LogP contribution in [-0.4, -0.2) is 11.1 Å². The average Bonchev–Trinajstić information content (AvgIpc) is 2.17. The number of carbonyl (C=O) groups is 1. The monoisotopic (exact) mass is 274 g/mol.